The van der Waals surface area contributed by atoms with Gasteiger partial charge in [-0.05, 0) is 31.5 Å². The lowest BCUT2D eigenvalue weighted by atomic mass is 9.97. The molecule has 0 saturated carbocycles. The van der Waals surface area contributed by atoms with Crippen LogP contribution in [-0.4, -0.2) is 18.5 Å². The molecule has 0 aromatic heterocycles. The van der Waals surface area contributed by atoms with Crippen LogP contribution in [0.2, 0.25) is 0 Å². The van der Waals surface area contributed by atoms with Crippen LogP contribution in [0.3, 0.4) is 0 Å². The topological polar surface area (TPSA) is 26.3 Å². The van der Waals surface area contributed by atoms with Gasteiger partial charge in [-0.25, -0.2) is 4.39 Å². The molecular formula is C12H15FO2. The minimum absolute atomic E-state index is 0.0170. The fourth-order valence-electron chi connectivity index (χ4n) is 1.11. The summed E-state index contributed by atoms with van der Waals surface area (Å²) in [6.07, 6.45) is 0.265. The van der Waals surface area contributed by atoms with Crippen molar-refractivity contribution in [3.8, 4) is 0 Å². The molecular weight excluding hydrogens is 195 g/mol. The number of methoxy groups -OCH3 is 1. The van der Waals surface area contributed by atoms with Gasteiger partial charge in [-0.1, -0.05) is 12.1 Å². The molecule has 1 rings (SSSR count). The highest BCUT2D eigenvalue weighted by molar-refractivity contribution is 5.88. The number of ketones is 1. The van der Waals surface area contributed by atoms with Gasteiger partial charge in [0.2, 0.25) is 0 Å². The minimum Gasteiger partial charge on any atom is -0.371 e. The highest BCUT2D eigenvalue weighted by Crippen LogP contribution is 2.13. The maximum atomic E-state index is 12.6. The predicted octanol–water partition coefficient (Wildman–Crippen LogP) is 2.36. The summed E-state index contributed by atoms with van der Waals surface area (Å²) in [5.41, 5.74) is 0.0144. The lowest BCUT2D eigenvalue weighted by Gasteiger charge is -2.20. The molecule has 0 radical (unpaired) electrons. The Kier molecular flexibility index (Phi) is 3.58. The number of rotatable bonds is 4. The van der Waals surface area contributed by atoms with Crippen LogP contribution in [0.5, 0.6) is 0 Å². The molecule has 0 fully saturated rings. The van der Waals surface area contributed by atoms with Gasteiger partial charge in [0.05, 0.1) is 0 Å². The summed E-state index contributed by atoms with van der Waals surface area (Å²) in [5, 5.41) is 0. The van der Waals surface area contributed by atoms with Crippen molar-refractivity contribution >= 4 is 5.78 Å². The van der Waals surface area contributed by atoms with Crippen LogP contribution in [0, 0.1) is 5.82 Å². The van der Waals surface area contributed by atoms with Gasteiger partial charge in [0, 0.05) is 13.5 Å². The first-order valence-corrected chi connectivity index (χ1v) is 4.78. The Morgan fingerprint density at radius 1 is 1.33 bits per heavy atom. The van der Waals surface area contributed by atoms with Crippen molar-refractivity contribution in [2.45, 2.75) is 25.9 Å². The monoisotopic (exact) mass is 210 g/mol. The molecule has 0 aliphatic carbocycles. The first-order valence-electron chi connectivity index (χ1n) is 4.78. The van der Waals surface area contributed by atoms with Gasteiger partial charge in [0.15, 0.2) is 5.78 Å². The molecule has 82 valence electrons. The first kappa shape index (κ1) is 11.9. The van der Waals surface area contributed by atoms with Gasteiger partial charge in [0.25, 0.3) is 0 Å². The van der Waals surface area contributed by atoms with E-state index in [2.05, 4.69) is 0 Å². The average molecular weight is 210 g/mol. The Balaban J connectivity index is 2.71. The van der Waals surface area contributed by atoms with E-state index in [0.717, 1.165) is 5.56 Å². The molecule has 0 atom stereocenters. The summed E-state index contributed by atoms with van der Waals surface area (Å²) in [6.45, 7) is 3.44. The van der Waals surface area contributed by atoms with Crippen molar-refractivity contribution in [1.29, 1.82) is 0 Å². The van der Waals surface area contributed by atoms with Crippen molar-refractivity contribution in [2.24, 2.45) is 0 Å². The van der Waals surface area contributed by atoms with Crippen LogP contribution >= 0.6 is 0 Å². The third kappa shape index (κ3) is 3.13. The van der Waals surface area contributed by atoms with Crippen LogP contribution < -0.4 is 0 Å². The largest absolute Gasteiger partial charge is 0.371 e. The Labute approximate surface area is 89.1 Å². The number of benzene rings is 1. The molecule has 3 heteroatoms. The van der Waals surface area contributed by atoms with E-state index in [4.69, 9.17) is 4.74 Å². The molecule has 0 aliphatic rings. The van der Waals surface area contributed by atoms with Crippen molar-refractivity contribution in [1.82, 2.24) is 0 Å². The normalized spacial score (nSPS) is 11.5. The zero-order valence-corrected chi connectivity index (χ0v) is 9.21. The predicted molar refractivity (Wildman–Crippen MR) is 56.2 cm³/mol. The zero-order chi connectivity index (χ0) is 11.5. The highest BCUT2D eigenvalue weighted by Gasteiger charge is 2.26. The smallest absolute Gasteiger partial charge is 0.168 e. The van der Waals surface area contributed by atoms with E-state index in [1.54, 1.807) is 26.0 Å². The maximum absolute atomic E-state index is 12.6. The van der Waals surface area contributed by atoms with E-state index in [1.807, 2.05) is 0 Å². The highest BCUT2D eigenvalue weighted by atomic mass is 19.1. The number of carbonyl (C=O) groups is 1. The molecule has 0 aliphatic heterocycles. The van der Waals surface area contributed by atoms with Crippen LogP contribution in [0.25, 0.3) is 0 Å². The van der Waals surface area contributed by atoms with Gasteiger partial charge < -0.3 is 4.74 Å². The number of ether oxygens (including phenoxy) is 1. The van der Waals surface area contributed by atoms with Gasteiger partial charge >= 0.3 is 0 Å². The lowest BCUT2D eigenvalue weighted by molar-refractivity contribution is -0.136. The van der Waals surface area contributed by atoms with E-state index in [9.17, 15) is 9.18 Å². The summed E-state index contributed by atoms with van der Waals surface area (Å²) in [5.74, 6) is -0.311. The molecule has 0 bridgehead atoms. The molecule has 1 aromatic rings. The molecule has 1 aromatic carbocycles. The zero-order valence-electron chi connectivity index (χ0n) is 9.21. The summed E-state index contributed by atoms with van der Waals surface area (Å²) in [4.78, 5) is 11.7. The van der Waals surface area contributed by atoms with Crippen molar-refractivity contribution < 1.29 is 13.9 Å². The van der Waals surface area contributed by atoms with Gasteiger partial charge in [0.1, 0.15) is 11.4 Å². The number of Topliss-reactive ketones (excluding diaryl/α,β-unsaturated/α-hetero) is 1. The second-order valence-corrected chi connectivity index (χ2v) is 3.94. The minimum atomic E-state index is -0.783. The summed E-state index contributed by atoms with van der Waals surface area (Å²) in [6, 6.07) is 5.92. The molecule has 0 saturated heterocycles. The molecule has 0 unspecified atom stereocenters. The second kappa shape index (κ2) is 4.53. The molecule has 2 nitrogen and oxygen atoms in total. The first-order chi connectivity index (χ1) is 6.95. The third-order valence-electron chi connectivity index (χ3n) is 2.46. The van der Waals surface area contributed by atoms with Crippen molar-refractivity contribution in [3.63, 3.8) is 0 Å². The summed E-state index contributed by atoms with van der Waals surface area (Å²) in [7, 11) is 1.50. The van der Waals surface area contributed by atoms with E-state index in [-0.39, 0.29) is 18.0 Å². The van der Waals surface area contributed by atoms with E-state index < -0.39 is 5.60 Å². The number of carbonyl (C=O) groups excluding carboxylic acids is 1. The van der Waals surface area contributed by atoms with Crippen LogP contribution in [0.15, 0.2) is 24.3 Å². The Morgan fingerprint density at radius 3 is 2.33 bits per heavy atom. The number of hydrogen-bond donors (Lipinski definition) is 0. The van der Waals surface area contributed by atoms with Crippen LogP contribution in [-0.2, 0) is 16.0 Å². The fourth-order valence-corrected chi connectivity index (χ4v) is 1.11. The molecule has 0 N–H and O–H groups in total. The molecule has 0 amide bonds. The molecule has 15 heavy (non-hydrogen) atoms. The fraction of sp³-hybridized carbons (Fsp3) is 0.417. The SMILES string of the molecule is COC(C)(C)C(=O)Cc1ccc(F)cc1. The standard InChI is InChI=1S/C12H15FO2/c1-12(2,15-3)11(14)8-9-4-6-10(13)7-5-9/h4-7H,8H2,1-3H3. The van der Waals surface area contributed by atoms with Gasteiger partial charge in [-0.2, -0.15) is 0 Å². The Bertz CT molecular complexity index is 341. The second-order valence-electron chi connectivity index (χ2n) is 3.94. The lowest BCUT2D eigenvalue weighted by Crippen LogP contribution is -2.35. The van der Waals surface area contributed by atoms with Crippen LogP contribution in [0.4, 0.5) is 4.39 Å². The van der Waals surface area contributed by atoms with E-state index in [1.165, 1.54) is 19.2 Å². The van der Waals surface area contributed by atoms with E-state index >= 15 is 0 Å². The summed E-state index contributed by atoms with van der Waals surface area (Å²) < 4.78 is 17.7. The summed E-state index contributed by atoms with van der Waals surface area (Å²) >= 11 is 0. The maximum Gasteiger partial charge on any atom is 0.168 e. The molecule has 0 heterocycles. The number of halogens is 1. The Hall–Kier alpha value is -1.22. The van der Waals surface area contributed by atoms with Gasteiger partial charge in [-0.3, -0.25) is 4.79 Å². The Morgan fingerprint density at radius 2 is 1.87 bits per heavy atom. The van der Waals surface area contributed by atoms with Crippen molar-refractivity contribution in [2.75, 3.05) is 7.11 Å². The quantitative estimate of drug-likeness (QED) is 0.762. The van der Waals surface area contributed by atoms with Crippen molar-refractivity contribution in [3.05, 3.63) is 35.6 Å². The van der Waals surface area contributed by atoms with Gasteiger partial charge in [-0.15, -0.1) is 0 Å². The average Bonchev–Trinajstić information content (AvgIpc) is 2.21. The third-order valence-corrected chi connectivity index (χ3v) is 2.46. The number of hydrogen-bond acceptors (Lipinski definition) is 2. The van der Waals surface area contributed by atoms with E-state index in [0.29, 0.717) is 0 Å². The van der Waals surface area contributed by atoms with Crippen LogP contribution in [0.1, 0.15) is 19.4 Å². The molecule has 0 spiro atoms.